The van der Waals surface area contributed by atoms with Gasteiger partial charge < -0.3 is 10.4 Å². The van der Waals surface area contributed by atoms with Crippen molar-refractivity contribution in [1.82, 2.24) is 10.3 Å². The summed E-state index contributed by atoms with van der Waals surface area (Å²) in [6.07, 6.45) is 1.98. The minimum Gasteiger partial charge on any atom is -0.480 e. The first-order valence-electron chi connectivity index (χ1n) is 5.61. The maximum Gasteiger partial charge on any atom is 0.326 e. The van der Waals surface area contributed by atoms with Crippen molar-refractivity contribution >= 4 is 23.5 Å². The maximum absolute atomic E-state index is 11.8. The lowest BCUT2D eigenvalue weighted by molar-refractivity contribution is -0.140. The minimum absolute atomic E-state index is 0.147. The molecule has 98 valence electrons. The molecule has 0 aliphatic heterocycles. The van der Waals surface area contributed by atoms with E-state index in [9.17, 15) is 9.59 Å². The number of nitrogens with one attached hydrogen (secondary N) is 1. The van der Waals surface area contributed by atoms with E-state index in [-0.39, 0.29) is 16.6 Å². The smallest absolute Gasteiger partial charge is 0.326 e. The normalized spacial score (nSPS) is 13.7. The molecule has 1 heterocycles. The topological polar surface area (TPSA) is 79.3 Å². The first-order valence-corrected chi connectivity index (χ1v) is 5.98. The molecule has 1 aromatic heterocycles. The standard InChI is InChI=1S/C12H15ClN2O3/c1-3-7(2)10(12(17)18)15-11(16)8-4-5-9(13)14-6-8/h4-7,10H,3H2,1-2H3,(H,15,16)(H,17,18)/t7-,10-/m0/s1. The third-order valence-electron chi connectivity index (χ3n) is 2.76. The van der Waals surface area contributed by atoms with E-state index >= 15 is 0 Å². The van der Waals surface area contributed by atoms with Gasteiger partial charge in [0.25, 0.3) is 5.91 Å². The molecule has 0 bridgehead atoms. The van der Waals surface area contributed by atoms with Crippen molar-refractivity contribution in [2.45, 2.75) is 26.3 Å². The van der Waals surface area contributed by atoms with Crippen molar-refractivity contribution in [3.8, 4) is 0 Å². The van der Waals surface area contributed by atoms with Gasteiger partial charge in [-0.1, -0.05) is 31.9 Å². The Morgan fingerprint density at radius 3 is 2.61 bits per heavy atom. The summed E-state index contributed by atoms with van der Waals surface area (Å²) in [5, 5.41) is 11.8. The van der Waals surface area contributed by atoms with Crippen molar-refractivity contribution in [1.29, 1.82) is 0 Å². The fourth-order valence-corrected chi connectivity index (χ4v) is 1.53. The molecule has 2 N–H and O–H groups in total. The lowest BCUT2D eigenvalue weighted by atomic mass is 9.99. The van der Waals surface area contributed by atoms with Crippen LogP contribution < -0.4 is 5.32 Å². The number of aliphatic carboxylic acids is 1. The van der Waals surface area contributed by atoms with Gasteiger partial charge in [-0.25, -0.2) is 9.78 Å². The number of hydrogen-bond acceptors (Lipinski definition) is 3. The van der Waals surface area contributed by atoms with Crippen LogP contribution in [0.1, 0.15) is 30.6 Å². The van der Waals surface area contributed by atoms with Gasteiger partial charge >= 0.3 is 5.97 Å². The van der Waals surface area contributed by atoms with Crippen LogP contribution in [0.2, 0.25) is 5.15 Å². The second-order valence-corrected chi connectivity index (χ2v) is 4.43. The van der Waals surface area contributed by atoms with Crippen molar-refractivity contribution in [2.75, 3.05) is 0 Å². The Bertz CT molecular complexity index is 433. The van der Waals surface area contributed by atoms with Gasteiger partial charge in [-0.15, -0.1) is 0 Å². The molecule has 0 saturated carbocycles. The molecule has 0 unspecified atom stereocenters. The van der Waals surface area contributed by atoms with Crippen LogP contribution in [0, 0.1) is 5.92 Å². The molecule has 0 saturated heterocycles. The number of nitrogens with zero attached hydrogens (tertiary/aromatic N) is 1. The Hall–Kier alpha value is -1.62. The highest BCUT2D eigenvalue weighted by molar-refractivity contribution is 6.29. The number of pyridine rings is 1. The molecule has 1 aromatic rings. The second kappa shape index (κ2) is 6.35. The van der Waals surface area contributed by atoms with Crippen LogP contribution in [-0.4, -0.2) is 28.0 Å². The van der Waals surface area contributed by atoms with Crippen LogP contribution in [0.5, 0.6) is 0 Å². The van der Waals surface area contributed by atoms with Gasteiger partial charge in [-0.3, -0.25) is 4.79 Å². The maximum atomic E-state index is 11.8. The molecule has 0 radical (unpaired) electrons. The quantitative estimate of drug-likeness (QED) is 0.802. The predicted octanol–water partition coefficient (Wildman–Crippen LogP) is 1.96. The Labute approximate surface area is 110 Å². The highest BCUT2D eigenvalue weighted by atomic mass is 35.5. The van der Waals surface area contributed by atoms with Crippen LogP contribution >= 0.6 is 11.6 Å². The zero-order valence-corrected chi connectivity index (χ0v) is 10.9. The second-order valence-electron chi connectivity index (χ2n) is 4.04. The zero-order valence-electron chi connectivity index (χ0n) is 10.2. The number of carbonyl (C=O) groups is 2. The van der Waals surface area contributed by atoms with E-state index in [1.54, 1.807) is 6.92 Å². The fourth-order valence-electron chi connectivity index (χ4n) is 1.42. The molecule has 2 atom stereocenters. The fraction of sp³-hybridized carbons (Fsp3) is 0.417. The Morgan fingerprint density at radius 2 is 2.17 bits per heavy atom. The number of amides is 1. The van der Waals surface area contributed by atoms with Crippen molar-refractivity contribution in [2.24, 2.45) is 5.92 Å². The lowest BCUT2D eigenvalue weighted by Crippen LogP contribution is -2.45. The number of aromatic nitrogens is 1. The largest absolute Gasteiger partial charge is 0.480 e. The van der Waals surface area contributed by atoms with Crippen molar-refractivity contribution in [3.63, 3.8) is 0 Å². The summed E-state index contributed by atoms with van der Waals surface area (Å²) in [5.41, 5.74) is 0.286. The average Bonchev–Trinajstić information content (AvgIpc) is 2.35. The van der Waals surface area contributed by atoms with E-state index in [2.05, 4.69) is 10.3 Å². The minimum atomic E-state index is -1.04. The highest BCUT2D eigenvalue weighted by Crippen LogP contribution is 2.10. The van der Waals surface area contributed by atoms with E-state index in [1.807, 2.05) is 6.92 Å². The highest BCUT2D eigenvalue weighted by Gasteiger charge is 2.25. The van der Waals surface area contributed by atoms with E-state index in [0.29, 0.717) is 6.42 Å². The van der Waals surface area contributed by atoms with Gasteiger partial charge in [0, 0.05) is 6.20 Å². The van der Waals surface area contributed by atoms with Crippen LogP contribution in [0.15, 0.2) is 18.3 Å². The average molecular weight is 271 g/mol. The molecule has 0 aromatic carbocycles. The number of carboxylic acid groups (broad SMARTS) is 1. The van der Waals surface area contributed by atoms with Gasteiger partial charge in [0.15, 0.2) is 0 Å². The van der Waals surface area contributed by atoms with Gasteiger partial charge in [-0.2, -0.15) is 0 Å². The summed E-state index contributed by atoms with van der Waals surface area (Å²) in [6.45, 7) is 3.65. The summed E-state index contributed by atoms with van der Waals surface area (Å²) >= 11 is 5.61. The van der Waals surface area contributed by atoms with E-state index in [1.165, 1.54) is 18.3 Å². The number of hydrogen-bond donors (Lipinski definition) is 2. The van der Waals surface area contributed by atoms with Gasteiger partial charge in [0.05, 0.1) is 5.56 Å². The zero-order chi connectivity index (χ0) is 13.7. The Kier molecular flexibility index (Phi) is 5.09. The third kappa shape index (κ3) is 3.70. The van der Waals surface area contributed by atoms with Crippen molar-refractivity contribution in [3.05, 3.63) is 29.0 Å². The van der Waals surface area contributed by atoms with Gasteiger partial charge in [-0.05, 0) is 18.1 Å². The van der Waals surface area contributed by atoms with Crippen LogP contribution in [0.4, 0.5) is 0 Å². The van der Waals surface area contributed by atoms with Crippen LogP contribution in [0.3, 0.4) is 0 Å². The summed E-state index contributed by atoms with van der Waals surface area (Å²) < 4.78 is 0. The summed E-state index contributed by atoms with van der Waals surface area (Å²) in [4.78, 5) is 26.7. The molecular weight excluding hydrogens is 256 g/mol. The molecule has 18 heavy (non-hydrogen) atoms. The number of carbonyl (C=O) groups excluding carboxylic acids is 1. The molecule has 0 aliphatic carbocycles. The van der Waals surface area contributed by atoms with E-state index in [0.717, 1.165) is 0 Å². The van der Waals surface area contributed by atoms with Crippen molar-refractivity contribution < 1.29 is 14.7 Å². The molecule has 1 amide bonds. The number of halogens is 1. The van der Waals surface area contributed by atoms with Gasteiger partial charge in [0.1, 0.15) is 11.2 Å². The van der Waals surface area contributed by atoms with Gasteiger partial charge in [0.2, 0.25) is 0 Å². The monoisotopic (exact) mass is 270 g/mol. The van der Waals surface area contributed by atoms with Crippen LogP contribution in [-0.2, 0) is 4.79 Å². The molecule has 0 fully saturated rings. The third-order valence-corrected chi connectivity index (χ3v) is 2.98. The number of carboxylic acids is 1. The summed E-state index contributed by atoms with van der Waals surface area (Å²) in [5.74, 6) is -1.65. The first kappa shape index (κ1) is 14.4. The summed E-state index contributed by atoms with van der Waals surface area (Å²) in [7, 11) is 0. The molecule has 1 rings (SSSR count). The molecule has 5 nitrogen and oxygen atoms in total. The Morgan fingerprint density at radius 1 is 1.50 bits per heavy atom. The summed E-state index contributed by atoms with van der Waals surface area (Å²) in [6, 6.07) is 2.08. The Balaban J connectivity index is 2.78. The predicted molar refractivity (Wildman–Crippen MR) is 67.6 cm³/mol. The van der Waals surface area contributed by atoms with Crippen LogP contribution in [0.25, 0.3) is 0 Å². The lowest BCUT2D eigenvalue weighted by Gasteiger charge is -2.19. The first-order chi connectivity index (χ1) is 8.45. The SMILES string of the molecule is CC[C@H](C)[C@H](NC(=O)c1ccc(Cl)nc1)C(=O)O. The van der Waals surface area contributed by atoms with E-state index in [4.69, 9.17) is 16.7 Å². The molecule has 0 aliphatic rings. The molecule has 0 spiro atoms. The number of rotatable bonds is 5. The molecular formula is C12H15ClN2O3. The molecule has 6 heteroatoms. The van der Waals surface area contributed by atoms with E-state index < -0.39 is 17.9 Å².